The summed E-state index contributed by atoms with van der Waals surface area (Å²) in [6.45, 7) is 0. The Labute approximate surface area is 94.4 Å². The first-order valence-corrected chi connectivity index (χ1v) is 4.45. The van der Waals surface area contributed by atoms with Gasteiger partial charge in [0.1, 0.15) is 12.1 Å². The van der Waals surface area contributed by atoms with Gasteiger partial charge in [-0.25, -0.2) is 0 Å². The van der Waals surface area contributed by atoms with Crippen LogP contribution in [0.1, 0.15) is 11.7 Å². The molecule has 0 spiro atoms. The van der Waals surface area contributed by atoms with Crippen LogP contribution in [-0.4, -0.2) is 27.1 Å². The summed E-state index contributed by atoms with van der Waals surface area (Å²) >= 11 is 0. The number of nitrogens with two attached hydrogens (primary N) is 1. The predicted molar refractivity (Wildman–Crippen MR) is 53.6 cm³/mol. The summed E-state index contributed by atoms with van der Waals surface area (Å²) in [5.41, 5.74) is 4.16. The van der Waals surface area contributed by atoms with Crippen LogP contribution in [0.15, 0.2) is 18.2 Å². The van der Waals surface area contributed by atoms with Crippen molar-refractivity contribution >= 4 is 11.7 Å². The Morgan fingerprint density at radius 2 is 2.12 bits per heavy atom. The monoisotopic (exact) mass is 244 g/mol. The minimum atomic E-state index is -1.65. The predicted octanol–water partition coefficient (Wildman–Crippen LogP) is 0.179. The quantitative estimate of drug-likeness (QED) is 0.512. The molecule has 4 N–H and O–H groups in total. The van der Waals surface area contributed by atoms with E-state index in [4.69, 9.17) is 10.8 Å². The van der Waals surface area contributed by atoms with Gasteiger partial charge in [-0.2, -0.15) is 4.39 Å². The Kier molecular flexibility index (Phi) is 3.71. The third-order valence-electron chi connectivity index (χ3n) is 2.13. The van der Waals surface area contributed by atoms with Crippen molar-refractivity contribution < 1.29 is 24.3 Å². The van der Waals surface area contributed by atoms with Gasteiger partial charge in [0, 0.05) is 6.07 Å². The molecule has 0 aromatic heterocycles. The number of hydrogen-bond donors (Lipinski definition) is 3. The maximum Gasteiger partial charge on any atom is 0.323 e. The summed E-state index contributed by atoms with van der Waals surface area (Å²) in [7, 11) is 0. The largest absolute Gasteiger partial charge is 0.480 e. The van der Waals surface area contributed by atoms with Crippen LogP contribution in [0, 0.1) is 15.9 Å². The van der Waals surface area contributed by atoms with Gasteiger partial charge in [0.2, 0.25) is 5.82 Å². The highest BCUT2D eigenvalue weighted by molar-refractivity contribution is 5.74. The molecule has 7 nitrogen and oxygen atoms in total. The molecule has 0 heterocycles. The maximum absolute atomic E-state index is 13.0. The van der Waals surface area contributed by atoms with E-state index in [2.05, 4.69) is 0 Å². The standard InChI is InChI=1S/C9H9FN2O5/c10-5-2-1-4(3-6(5)12(16)17)8(13)7(11)9(14)15/h1-3,7-8,13H,11H2,(H,14,15)/t7-,8-/m1/s1. The van der Waals surface area contributed by atoms with Crippen LogP contribution in [0.2, 0.25) is 0 Å². The number of aliphatic carboxylic acids is 1. The number of carboxylic acids is 1. The Bertz CT molecular complexity index is 465. The van der Waals surface area contributed by atoms with Crippen LogP contribution >= 0.6 is 0 Å². The lowest BCUT2D eigenvalue weighted by Gasteiger charge is -2.14. The second-order valence-electron chi connectivity index (χ2n) is 3.28. The highest BCUT2D eigenvalue weighted by Crippen LogP contribution is 2.24. The van der Waals surface area contributed by atoms with Gasteiger partial charge in [0.05, 0.1) is 4.92 Å². The van der Waals surface area contributed by atoms with Gasteiger partial charge >= 0.3 is 11.7 Å². The van der Waals surface area contributed by atoms with Gasteiger partial charge in [0.25, 0.3) is 0 Å². The number of carbonyl (C=O) groups is 1. The molecule has 92 valence electrons. The average Bonchev–Trinajstić information content (AvgIpc) is 2.27. The van der Waals surface area contributed by atoms with Gasteiger partial charge in [-0.15, -0.1) is 0 Å². The molecule has 0 bridgehead atoms. The van der Waals surface area contributed by atoms with E-state index < -0.39 is 34.5 Å². The number of nitro benzene ring substituents is 1. The van der Waals surface area contributed by atoms with Crippen LogP contribution in [0.4, 0.5) is 10.1 Å². The fourth-order valence-corrected chi connectivity index (χ4v) is 1.20. The maximum atomic E-state index is 13.0. The van der Waals surface area contributed by atoms with Crippen molar-refractivity contribution in [3.8, 4) is 0 Å². The number of nitrogens with zero attached hydrogens (tertiary/aromatic N) is 1. The molecule has 0 amide bonds. The van der Waals surface area contributed by atoms with Crippen LogP contribution in [-0.2, 0) is 4.79 Å². The number of halogens is 1. The van der Waals surface area contributed by atoms with Crippen molar-refractivity contribution in [1.82, 2.24) is 0 Å². The lowest BCUT2D eigenvalue weighted by atomic mass is 10.0. The topological polar surface area (TPSA) is 127 Å². The molecule has 0 unspecified atom stereocenters. The van der Waals surface area contributed by atoms with Gasteiger partial charge in [-0.1, -0.05) is 6.07 Å². The number of aliphatic hydroxyl groups excluding tert-OH is 1. The molecule has 0 saturated carbocycles. The van der Waals surface area contributed by atoms with E-state index in [1.165, 1.54) is 0 Å². The third kappa shape index (κ3) is 2.74. The number of benzene rings is 1. The first-order valence-electron chi connectivity index (χ1n) is 4.45. The van der Waals surface area contributed by atoms with Crippen molar-refractivity contribution in [2.75, 3.05) is 0 Å². The summed E-state index contributed by atoms with van der Waals surface area (Å²) < 4.78 is 13.0. The Balaban J connectivity index is 3.11. The molecule has 0 fully saturated rings. The molecule has 17 heavy (non-hydrogen) atoms. The lowest BCUT2D eigenvalue weighted by Crippen LogP contribution is -2.36. The molecule has 1 aromatic rings. The minimum Gasteiger partial charge on any atom is -0.480 e. The Morgan fingerprint density at radius 3 is 2.59 bits per heavy atom. The minimum absolute atomic E-state index is 0.131. The number of nitro groups is 1. The first kappa shape index (κ1) is 13.0. The third-order valence-corrected chi connectivity index (χ3v) is 2.13. The van der Waals surface area contributed by atoms with Gasteiger partial charge in [-0.05, 0) is 11.6 Å². The zero-order valence-corrected chi connectivity index (χ0v) is 8.41. The summed E-state index contributed by atoms with van der Waals surface area (Å²) in [5.74, 6) is -2.54. The molecule has 0 aliphatic heterocycles. The van der Waals surface area contributed by atoms with Crippen LogP contribution in [0.5, 0.6) is 0 Å². The fraction of sp³-hybridized carbons (Fsp3) is 0.222. The number of aliphatic hydroxyl groups is 1. The molecule has 1 aromatic carbocycles. The van der Waals surface area contributed by atoms with Gasteiger partial charge in [-0.3, -0.25) is 14.9 Å². The van der Waals surface area contributed by atoms with E-state index in [0.717, 1.165) is 18.2 Å². The van der Waals surface area contributed by atoms with Crippen molar-refractivity contribution in [2.45, 2.75) is 12.1 Å². The second-order valence-corrected chi connectivity index (χ2v) is 3.28. The number of hydrogen-bond acceptors (Lipinski definition) is 5. The molecular formula is C9H9FN2O5. The summed E-state index contributed by atoms with van der Waals surface area (Å²) in [4.78, 5) is 20.0. The average molecular weight is 244 g/mol. The van der Waals surface area contributed by atoms with E-state index in [1.807, 2.05) is 0 Å². The van der Waals surface area contributed by atoms with E-state index >= 15 is 0 Å². The molecule has 1 rings (SSSR count). The van der Waals surface area contributed by atoms with E-state index in [-0.39, 0.29) is 5.56 Å². The molecule has 2 atom stereocenters. The van der Waals surface area contributed by atoms with Gasteiger partial charge in [0.15, 0.2) is 0 Å². The van der Waals surface area contributed by atoms with Crippen LogP contribution in [0.3, 0.4) is 0 Å². The summed E-state index contributed by atoms with van der Waals surface area (Å²) in [6, 6.07) is 0.921. The normalized spacial score (nSPS) is 14.1. The van der Waals surface area contributed by atoms with E-state index in [1.54, 1.807) is 0 Å². The fourth-order valence-electron chi connectivity index (χ4n) is 1.20. The van der Waals surface area contributed by atoms with E-state index in [9.17, 15) is 24.4 Å². The zero-order chi connectivity index (χ0) is 13.2. The van der Waals surface area contributed by atoms with Crippen molar-refractivity contribution in [3.05, 3.63) is 39.7 Å². The Hall–Kier alpha value is -2.06. The summed E-state index contributed by atoms with van der Waals surface area (Å²) in [5, 5.41) is 28.5. The van der Waals surface area contributed by atoms with Crippen molar-refractivity contribution in [3.63, 3.8) is 0 Å². The number of carboxylic acid groups (broad SMARTS) is 1. The molecule has 0 aliphatic rings. The highest BCUT2D eigenvalue weighted by Gasteiger charge is 2.26. The smallest absolute Gasteiger partial charge is 0.323 e. The molecule has 0 radical (unpaired) electrons. The lowest BCUT2D eigenvalue weighted by molar-refractivity contribution is -0.387. The molecular weight excluding hydrogens is 235 g/mol. The molecule has 8 heteroatoms. The van der Waals surface area contributed by atoms with E-state index in [0.29, 0.717) is 0 Å². The van der Waals surface area contributed by atoms with Crippen LogP contribution in [0.25, 0.3) is 0 Å². The number of rotatable bonds is 4. The highest BCUT2D eigenvalue weighted by atomic mass is 19.1. The van der Waals surface area contributed by atoms with Gasteiger partial charge < -0.3 is 15.9 Å². The molecule has 0 aliphatic carbocycles. The van der Waals surface area contributed by atoms with Crippen LogP contribution < -0.4 is 5.73 Å². The first-order chi connectivity index (χ1) is 7.84. The second kappa shape index (κ2) is 4.85. The SMILES string of the molecule is N[C@@H](C(=O)O)[C@H](O)c1ccc(F)c([N+](=O)[O-])c1. The zero-order valence-electron chi connectivity index (χ0n) is 8.41. The van der Waals surface area contributed by atoms with Crippen molar-refractivity contribution in [1.29, 1.82) is 0 Å². The molecule has 0 saturated heterocycles. The summed E-state index contributed by atoms with van der Waals surface area (Å²) in [6.07, 6.45) is -1.65. The van der Waals surface area contributed by atoms with Crippen molar-refractivity contribution in [2.24, 2.45) is 5.73 Å². The Morgan fingerprint density at radius 1 is 1.53 bits per heavy atom.